The SMILES string of the molecule is Cc1ccc(NC(=O)CN2C(=O)NC3(CCN(c4ncccn4)CC3)C2=O)cc1.Cl. The van der Waals surface area contributed by atoms with E-state index in [9.17, 15) is 14.4 Å². The van der Waals surface area contributed by atoms with Crippen LogP contribution in [0.2, 0.25) is 0 Å². The lowest BCUT2D eigenvalue weighted by atomic mass is 9.87. The first-order valence-electron chi connectivity index (χ1n) is 9.49. The van der Waals surface area contributed by atoms with Gasteiger partial charge in [-0.2, -0.15) is 0 Å². The highest BCUT2D eigenvalue weighted by molar-refractivity contribution is 6.10. The Kier molecular flexibility index (Phi) is 6.21. The van der Waals surface area contributed by atoms with Gasteiger partial charge in [-0.05, 0) is 38.0 Å². The molecule has 3 heterocycles. The van der Waals surface area contributed by atoms with Gasteiger partial charge < -0.3 is 15.5 Å². The Morgan fingerprint density at radius 1 is 1.13 bits per heavy atom. The predicted octanol–water partition coefficient (Wildman–Crippen LogP) is 1.74. The molecule has 1 spiro atoms. The number of nitrogens with one attached hydrogen (secondary N) is 2. The zero-order valence-electron chi connectivity index (χ0n) is 16.5. The quantitative estimate of drug-likeness (QED) is 0.715. The van der Waals surface area contributed by atoms with Crippen LogP contribution < -0.4 is 15.5 Å². The van der Waals surface area contributed by atoms with E-state index in [2.05, 4.69) is 20.6 Å². The molecule has 2 fully saturated rings. The van der Waals surface area contributed by atoms with Crippen molar-refractivity contribution in [3.63, 3.8) is 0 Å². The number of aromatic nitrogens is 2. The maximum absolute atomic E-state index is 13.0. The summed E-state index contributed by atoms with van der Waals surface area (Å²) >= 11 is 0. The van der Waals surface area contributed by atoms with Crippen LogP contribution in [-0.2, 0) is 9.59 Å². The maximum atomic E-state index is 13.0. The largest absolute Gasteiger partial charge is 0.341 e. The maximum Gasteiger partial charge on any atom is 0.325 e. The molecule has 2 aromatic rings. The first kappa shape index (κ1) is 21.5. The summed E-state index contributed by atoms with van der Waals surface area (Å²) in [4.78, 5) is 49.2. The third kappa shape index (κ3) is 4.20. The number of carbonyl (C=O) groups excluding carboxylic acids is 3. The topological polar surface area (TPSA) is 108 Å². The molecule has 9 nitrogen and oxygen atoms in total. The Labute approximate surface area is 180 Å². The fraction of sp³-hybridized carbons (Fsp3) is 0.350. The molecule has 30 heavy (non-hydrogen) atoms. The molecule has 1 aromatic carbocycles. The number of benzene rings is 1. The monoisotopic (exact) mass is 430 g/mol. The summed E-state index contributed by atoms with van der Waals surface area (Å²) in [5, 5.41) is 5.53. The molecule has 10 heteroatoms. The Hall–Kier alpha value is -3.20. The molecule has 2 N–H and O–H groups in total. The lowest BCUT2D eigenvalue weighted by Gasteiger charge is -2.37. The highest BCUT2D eigenvalue weighted by Crippen LogP contribution is 2.30. The van der Waals surface area contributed by atoms with Gasteiger partial charge in [-0.1, -0.05) is 17.7 Å². The van der Waals surface area contributed by atoms with Gasteiger partial charge >= 0.3 is 6.03 Å². The van der Waals surface area contributed by atoms with Crippen LogP contribution in [0.15, 0.2) is 42.7 Å². The molecule has 0 bridgehead atoms. The highest BCUT2D eigenvalue weighted by Gasteiger charge is 2.52. The molecule has 2 aliphatic heterocycles. The van der Waals surface area contributed by atoms with E-state index >= 15 is 0 Å². The van der Waals surface area contributed by atoms with Crippen LogP contribution in [0, 0.1) is 6.92 Å². The van der Waals surface area contributed by atoms with E-state index in [1.54, 1.807) is 30.6 Å². The number of rotatable bonds is 4. The van der Waals surface area contributed by atoms with E-state index in [0.29, 0.717) is 37.6 Å². The van der Waals surface area contributed by atoms with Crippen molar-refractivity contribution in [2.24, 2.45) is 0 Å². The van der Waals surface area contributed by atoms with E-state index < -0.39 is 17.5 Å². The molecular formula is C20H23ClN6O3. The Balaban J connectivity index is 0.00000256. The van der Waals surface area contributed by atoms with Crippen LogP contribution >= 0.6 is 12.4 Å². The second-order valence-corrected chi connectivity index (χ2v) is 7.35. The smallest absolute Gasteiger partial charge is 0.325 e. The molecule has 0 radical (unpaired) electrons. The summed E-state index contributed by atoms with van der Waals surface area (Å²) in [5.41, 5.74) is 0.733. The number of urea groups is 1. The average Bonchev–Trinajstić information content (AvgIpc) is 2.95. The van der Waals surface area contributed by atoms with Crippen molar-refractivity contribution in [3.05, 3.63) is 48.3 Å². The summed E-state index contributed by atoms with van der Waals surface area (Å²) in [5.74, 6) is -0.159. The summed E-state index contributed by atoms with van der Waals surface area (Å²) in [6.45, 7) is 2.72. The number of amides is 4. The van der Waals surface area contributed by atoms with Gasteiger partial charge in [0.15, 0.2) is 0 Å². The summed E-state index contributed by atoms with van der Waals surface area (Å²) in [6.07, 6.45) is 4.21. The molecule has 0 unspecified atom stereocenters. The summed E-state index contributed by atoms with van der Waals surface area (Å²) in [7, 11) is 0. The fourth-order valence-electron chi connectivity index (χ4n) is 3.68. The Morgan fingerprint density at radius 3 is 2.40 bits per heavy atom. The second-order valence-electron chi connectivity index (χ2n) is 7.35. The number of carbonyl (C=O) groups is 3. The van der Waals surface area contributed by atoms with Crippen molar-refractivity contribution in [1.29, 1.82) is 0 Å². The number of hydrogen-bond acceptors (Lipinski definition) is 6. The number of halogens is 1. The van der Waals surface area contributed by atoms with Gasteiger partial charge in [0.05, 0.1) is 0 Å². The van der Waals surface area contributed by atoms with Crippen LogP contribution in [0.3, 0.4) is 0 Å². The number of nitrogens with zero attached hydrogens (tertiary/aromatic N) is 4. The molecule has 158 valence electrons. The molecule has 0 saturated carbocycles. The first-order chi connectivity index (χ1) is 14.0. The van der Waals surface area contributed by atoms with Gasteiger partial charge in [-0.3, -0.25) is 14.5 Å². The van der Waals surface area contributed by atoms with Gasteiger partial charge in [-0.15, -0.1) is 12.4 Å². The molecule has 2 aliphatic rings. The predicted molar refractivity (Wildman–Crippen MR) is 114 cm³/mol. The Morgan fingerprint density at radius 2 is 1.77 bits per heavy atom. The van der Waals surface area contributed by atoms with Crippen LogP contribution in [0.5, 0.6) is 0 Å². The average molecular weight is 431 g/mol. The lowest BCUT2D eigenvalue weighted by Crippen LogP contribution is -2.55. The highest BCUT2D eigenvalue weighted by atomic mass is 35.5. The van der Waals surface area contributed by atoms with Gasteiger partial charge in [0, 0.05) is 31.2 Å². The van der Waals surface area contributed by atoms with E-state index in [0.717, 1.165) is 10.5 Å². The van der Waals surface area contributed by atoms with Crippen molar-refractivity contribution >= 4 is 41.9 Å². The second kappa shape index (κ2) is 8.66. The number of piperidine rings is 1. The van der Waals surface area contributed by atoms with Crippen LogP contribution in [0.25, 0.3) is 0 Å². The molecule has 1 aromatic heterocycles. The minimum atomic E-state index is -0.966. The Bertz CT molecular complexity index is 929. The summed E-state index contributed by atoms with van der Waals surface area (Å²) in [6, 6.07) is 8.53. The molecule has 2 saturated heterocycles. The molecule has 0 atom stereocenters. The van der Waals surface area contributed by atoms with E-state index in [4.69, 9.17) is 0 Å². The van der Waals surface area contributed by atoms with E-state index in [1.165, 1.54) is 0 Å². The number of anilines is 2. The first-order valence-corrected chi connectivity index (χ1v) is 9.49. The molecule has 4 amide bonds. The number of aryl methyl sites for hydroxylation is 1. The van der Waals surface area contributed by atoms with Gasteiger partial charge in [0.1, 0.15) is 12.1 Å². The number of hydrogen-bond donors (Lipinski definition) is 2. The van der Waals surface area contributed by atoms with Crippen molar-refractivity contribution < 1.29 is 14.4 Å². The van der Waals surface area contributed by atoms with Crippen molar-refractivity contribution in [1.82, 2.24) is 20.2 Å². The van der Waals surface area contributed by atoms with Gasteiger partial charge in [0.25, 0.3) is 5.91 Å². The fourth-order valence-corrected chi connectivity index (χ4v) is 3.68. The van der Waals surface area contributed by atoms with Crippen LogP contribution in [0.1, 0.15) is 18.4 Å². The third-order valence-electron chi connectivity index (χ3n) is 5.33. The lowest BCUT2D eigenvalue weighted by molar-refractivity contribution is -0.134. The van der Waals surface area contributed by atoms with E-state index in [1.807, 2.05) is 24.0 Å². The van der Waals surface area contributed by atoms with Gasteiger partial charge in [0.2, 0.25) is 11.9 Å². The number of imide groups is 1. The normalized spacial score (nSPS) is 17.5. The molecule has 0 aliphatic carbocycles. The molecular weight excluding hydrogens is 408 g/mol. The van der Waals surface area contributed by atoms with Crippen molar-refractivity contribution in [2.45, 2.75) is 25.3 Å². The zero-order chi connectivity index (χ0) is 20.4. The van der Waals surface area contributed by atoms with Crippen LogP contribution in [0.4, 0.5) is 16.4 Å². The summed E-state index contributed by atoms with van der Waals surface area (Å²) < 4.78 is 0. The van der Waals surface area contributed by atoms with Crippen molar-refractivity contribution in [3.8, 4) is 0 Å². The van der Waals surface area contributed by atoms with Crippen LogP contribution in [-0.4, -0.2) is 57.9 Å². The minimum Gasteiger partial charge on any atom is -0.341 e. The van der Waals surface area contributed by atoms with Crippen molar-refractivity contribution in [2.75, 3.05) is 29.9 Å². The zero-order valence-corrected chi connectivity index (χ0v) is 17.3. The van der Waals surface area contributed by atoms with E-state index in [-0.39, 0.29) is 24.9 Å². The minimum absolute atomic E-state index is 0. The standard InChI is InChI=1S/C20H22N6O3.ClH/c1-14-3-5-15(6-4-14)23-16(27)13-26-17(28)20(24-19(26)29)7-11-25(12-8-20)18-21-9-2-10-22-18;/h2-6,9-10H,7-8,11-13H2,1H3,(H,23,27)(H,24,29);1H. The van der Waals surface area contributed by atoms with Gasteiger partial charge in [-0.25, -0.2) is 14.8 Å². The molecule has 4 rings (SSSR count). The third-order valence-corrected chi connectivity index (χ3v) is 5.33.